The largest absolute Gasteiger partial charge is 0.519 e. The van der Waals surface area contributed by atoms with Crippen molar-refractivity contribution in [3.8, 4) is 5.75 Å². The zero-order valence-corrected chi connectivity index (χ0v) is 6.53. The van der Waals surface area contributed by atoms with Crippen molar-refractivity contribution in [1.82, 2.24) is 0 Å². The number of hydrogen-bond donors (Lipinski definition) is 1. The second-order valence-electron chi connectivity index (χ2n) is 2.37. The van der Waals surface area contributed by atoms with Gasteiger partial charge in [0.15, 0.2) is 5.78 Å². The summed E-state index contributed by atoms with van der Waals surface area (Å²) in [4.78, 5) is 13.9. The second kappa shape index (κ2) is 3.05. The van der Waals surface area contributed by atoms with Crippen LogP contribution in [-0.2, 0) is 0 Å². The van der Waals surface area contributed by atoms with Gasteiger partial charge in [0.25, 0.3) is 0 Å². The lowest BCUT2D eigenvalue weighted by Crippen LogP contribution is -1.89. The Balaban J connectivity index is 3.25. The first-order valence-corrected chi connectivity index (χ1v) is 3.36. The van der Waals surface area contributed by atoms with Gasteiger partial charge in [0.05, 0.1) is 6.57 Å². The zero-order valence-electron chi connectivity index (χ0n) is 6.53. The summed E-state index contributed by atoms with van der Waals surface area (Å²) < 4.78 is 0. The summed E-state index contributed by atoms with van der Waals surface area (Å²) in [5.41, 5.74) is 0.557. The van der Waals surface area contributed by atoms with Gasteiger partial charge >= 0.3 is 0 Å². The van der Waals surface area contributed by atoms with Crippen LogP contribution in [0.3, 0.4) is 0 Å². The van der Waals surface area contributed by atoms with Crippen LogP contribution in [0.2, 0.25) is 0 Å². The van der Waals surface area contributed by atoms with Crippen LogP contribution >= 0.6 is 0 Å². The van der Waals surface area contributed by atoms with E-state index in [9.17, 15) is 4.79 Å². The number of benzene rings is 1. The summed E-state index contributed by atoms with van der Waals surface area (Å²) >= 11 is 0. The van der Waals surface area contributed by atoms with Gasteiger partial charge in [0.1, 0.15) is 5.75 Å². The van der Waals surface area contributed by atoms with Gasteiger partial charge in [0.2, 0.25) is 5.69 Å². The summed E-state index contributed by atoms with van der Waals surface area (Å²) in [6.07, 6.45) is 0. The first-order valence-electron chi connectivity index (χ1n) is 3.36. The minimum Gasteiger partial charge on any atom is -0.519 e. The highest BCUT2D eigenvalue weighted by atomic mass is 16.3. The molecule has 0 aliphatic heterocycles. The molecule has 0 radical (unpaired) electrons. The number of nitrogens with zero attached hydrogens (tertiary/aromatic N) is 1. The molecular weight excluding hydrogens is 154 g/mol. The first-order chi connectivity index (χ1) is 5.65. The summed E-state index contributed by atoms with van der Waals surface area (Å²) in [6, 6.07) is 4.22. The highest BCUT2D eigenvalue weighted by molar-refractivity contribution is 5.95. The summed E-state index contributed by atoms with van der Waals surface area (Å²) in [5, 5.41) is 9.09. The number of hydrogen-bond acceptors (Lipinski definition) is 2. The van der Waals surface area contributed by atoms with E-state index in [0.717, 1.165) is 0 Å². The number of ketones is 1. The third-order valence-corrected chi connectivity index (χ3v) is 1.50. The third kappa shape index (κ3) is 1.43. The Labute approximate surface area is 70.1 Å². The average molecular weight is 161 g/mol. The molecule has 0 bridgehead atoms. The maximum Gasteiger partial charge on any atom is 0.228 e. The van der Waals surface area contributed by atoms with Crippen molar-refractivity contribution in [3.63, 3.8) is 0 Å². The standard InChI is InChI=1S/C9H7NO2/c1-6(11)7-3-4-9(12)8(5-7)10-2/h3-5,12H,1H3. The normalized spacial score (nSPS) is 9.00. The van der Waals surface area contributed by atoms with E-state index < -0.39 is 0 Å². The molecule has 1 rings (SSSR count). The van der Waals surface area contributed by atoms with Gasteiger partial charge in [-0.05, 0) is 19.1 Å². The topological polar surface area (TPSA) is 41.7 Å². The third-order valence-electron chi connectivity index (χ3n) is 1.50. The molecule has 0 aromatic heterocycles. The number of rotatable bonds is 1. The summed E-state index contributed by atoms with van der Waals surface area (Å²) in [6.45, 7) is 8.09. The molecule has 3 heteroatoms. The van der Waals surface area contributed by atoms with E-state index in [1.54, 1.807) is 0 Å². The molecule has 1 aromatic rings. The van der Waals surface area contributed by atoms with Gasteiger partial charge in [-0.2, -0.15) is 0 Å². The van der Waals surface area contributed by atoms with Crippen molar-refractivity contribution >= 4 is 11.5 Å². The molecule has 0 aliphatic rings. The fourth-order valence-corrected chi connectivity index (χ4v) is 0.832. The van der Waals surface area contributed by atoms with E-state index in [-0.39, 0.29) is 17.2 Å². The van der Waals surface area contributed by atoms with Crippen molar-refractivity contribution in [1.29, 1.82) is 0 Å². The van der Waals surface area contributed by atoms with E-state index in [4.69, 9.17) is 11.7 Å². The lowest BCUT2D eigenvalue weighted by Gasteiger charge is -1.97. The van der Waals surface area contributed by atoms with Crippen LogP contribution in [0.15, 0.2) is 18.2 Å². The maximum atomic E-state index is 10.8. The van der Waals surface area contributed by atoms with Crippen molar-refractivity contribution < 1.29 is 9.90 Å². The Bertz CT molecular complexity index is 363. The molecule has 0 heterocycles. The highest BCUT2D eigenvalue weighted by Crippen LogP contribution is 2.26. The van der Waals surface area contributed by atoms with Crippen LogP contribution in [-0.4, -0.2) is 10.9 Å². The average Bonchev–Trinajstić information content (AvgIpc) is 2.05. The number of Topliss-reactive ketones (excluding diaryl/α,β-unsaturated/α-hetero) is 1. The van der Waals surface area contributed by atoms with Crippen LogP contribution in [0.4, 0.5) is 5.69 Å². The molecule has 60 valence electrons. The predicted molar refractivity (Wildman–Crippen MR) is 44.4 cm³/mol. The molecule has 0 unspecified atom stereocenters. The van der Waals surface area contributed by atoms with Gasteiger partial charge in [-0.1, -0.05) is 6.07 Å². The molecular formula is C9H7NO2. The van der Waals surface area contributed by atoms with E-state index >= 15 is 0 Å². The van der Waals surface area contributed by atoms with Gasteiger partial charge in [-0.15, -0.1) is 0 Å². The molecule has 0 saturated carbocycles. The lowest BCUT2D eigenvalue weighted by molar-refractivity contribution is 0.101. The molecule has 0 saturated heterocycles. The first kappa shape index (κ1) is 8.28. The minimum atomic E-state index is -0.111. The van der Waals surface area contributed by atoms with Gasteiger partial charge in [-0.25, -0.2) is 4.85 Å². The molecule has 0 fully saturated rings. The van der Waals surface area contributed by atoms with Crippen molar-refractivity contribution in [2.24, 2.45) is 0 Å². The predicted octanol–water partition coefficient (Wildman–Crippen LogP) is 2.15. The van der Waals surface area contributed by atoms with Crippen LogP contribution < -0.4 is 0 Å². The fourth-order valence-electron chi connectivity index (χ4n) is 0.832. The number of carbonyl (C=O) groups is 1. The molecule has 0 aliphatic carbocycles. The number of phenols is 1. The van der Waals surface area contributed by atoms with E-state index in [0.29, 0.717) is 5.56 Å². The molecule has 1 aromatic carbocycles. The van der Waals surface area contributed by atoms with Crippen molar-refractivity contribution in [3.05, 3.63) is 35.2 Å². The Hall–Kier alpha value is -1.82. The van der Waals surface area contributed by atoms with Gasteiger partial charge in [-0.3, -0.25) is 4.79 Å². The van der Waals surface area contributed by atoms with E-state index in [2.05, 4.69) is 4.85 Å². The maximum absolute atomic E-state index is 10.8. The zero-order chi connectivity index (χ0) is 9.14. The molecule has 0 amide bonds. The highest BCUT2D eigenvalue weighted by Gasteiger charge is 2.04. The fraction of sp³-hybridized carbons (Fsp3) is 0.111. The van der Waals surface area contributed by atoms with Crippen molar-refractivity contribution in [2.45, 2.75) is 6.92 Å². The smallest absolute Gasteiger partial charge is 0.228 e. The Morgan fingerprint density at radius 3 is 2.75 bits per heavy atom. The molecule has 3 nitrogen and oxygen atoms in total. The van der Waals surface area contributed by atoms with Crippen molar-refractivity contribution in [2.75, 3.05) is 0 Å². The SMILES string of the molecule is [C-]#[N+]c1cc(C(C)=O)ccc1O. The van der Waals surface area contributed by atoms with Crippen LogP contribution in [0.1, 0.15) is 17.3 Å². The lowest BCUT2D eigenvalue weighted by atomic mass is 10.1. The number of phenolic OH excluding ortho intramolecular Hbond substituents is 1. The Morgan fingerprint density at radius 2 is 2.25 bits per heavy atom. The second-order valence-corrected chi connectivity index (χ2v) is 2.37. The molecule has 0 atom stereocenters. The number of carbonyl (C=O) groups excluding carboxylic acids is 1. The Morgan fingerprint density at radius 1 is 1.58 bits per heavy atom. The van der Waals surface area contributed by atoms with Crippen LogP contribution in [0, 0.1) is 6.57 Å². The molecule has 1 N–H and O–H groups in total. The van der Waals surface area contributed by atoms with Gasteiger partial charge < -0.3 is 5.11 Å². The quantitative estimate of drug-likeness (QED) is 0.506. The monoisotopic (exact) mass is 161 g/mol. The summed E-state index contributed by atoms with van der Waals surface area (Å²) in [7, 11) is 0. The van der Waals surface area contributed by atoms with E-state index in [1.165, 1.54) is 25.1 Å². The van der Waals surface area contributed by atoms with E-state index in [1.807, 2.05) is 0 Å². The van der Waals surface area contributed by atoms with Crippen LogP contribution in [0.25, 0.3) is 4.85 Å². The minimum absolute atomic E-state index is 0.0880. The van der Waals surface area contributed by atoms with Gasteiger partial charge in [0, 0.05) is 5.56 Å². The molecule has 0 spiro atoms. The molecule has 12 heavy (non-hydrogen) atoms. The Kier molecular flexibility index (Phi) is 2.11. The van der Waals surface area contributed by atoms with Crippen LogP contribution in [0.5, 0.6) is 5.75 Å². The number of aromatic hydroxyl groups is 1. The summed E-state index contributed by atoms with van der Waals surface area (Å²) in [5.74, 6) is -0.199.